The van der Waals surface area contributed by atoms with Crippen LogP contribution in [0.15, 0.2) is 0 Å². The topological polar surface area (TPSA) is 142 Å². The molecule has 12 nitrogen and oxygen atoms in total. The van der Waals surface area contributed by atoms with E-state index in [1.54, 1.807) is 0 Å². The van der Waals surface area contributed by atoms with E-state index in [1.807, 2.05) is 41.5 Å². The number of rotatable bonds is 13. The Balaban J connectivity index is 0.992. The highest BCUT2D eigenvalue weighted by Gasteiger charge is 2.34. The minimum absolute atomic E-state index is 0.0122. The number of ether oxygens (including phenoxy) is 3. The van der Waals surface area contributed by atoms with E-state index in [1.165, 1.54) is 12.8 Å². The number of carbonyl (C=O) groups excluding carboxylic acids is 3. The van der Waals surface area contributed by atoms with Crippen LogP contribution in [0.1, 0.15) is 112 Å². The lowest BCUT2D eigenvalue weighted by atomic mass is 9.75. The number of alkyl carbamates (subject to hydrolysis) is 1. The van der Waals surface area contributed by atoms with Crippen molar-refractivity contribution >= 4 is 18.0 Å². The second kappa shape index (κ2) is 19.0. The van der Waals surface area contributed by atoms with Crippen molar-refractivity contribution in [3.8, 4) is 0 Å². The quantitative estimate of drug-likeness (QED) is 0.181. The van der Waals surface area contributed by atoms with Crippen LogP contribution in [0.3, 0.4) is 0 Å². The monoisotopic (exact) mass is 693 g/mol. The SMILES string of the molecule is CC(C)(C)OC(=O)CNC(=O)C1CCC(C2CNC(NC3CCC(OCCN4CCC(CCNC(=O)OC(C)(C)C)CC4)CC3)NC2)CC1. The minimum Gasteiger partial charge on any atom is -0.459 e. The molecule has 2 aliphatic carbocycles. The van der Waals surface area contributed by atoms with Crippen molar-refractivity contribution in [3.63, 3.8) is 0 Å². The van der Waals surface area contributed by atoms with E-state index in [0.717, 1.165) is 97.1 Å². The third kappa shape index (κ3) is 15.0. The standard InChI is InChI=1S/C37H68N6O6/c1-36(2,3)48-32(44)25-39-33(45)28-9-7-27(8-10-28)29-23-40-34(41-24-29)42-30-11-13-31(14-12-30)47-22-21-43-19-16-26(17-20-43)15-18-38-35(46)49-37(4,5)6/h26-31,34,40-42H,7-25H2,1-6H3,(H,38,46)(H,39,45). The fraction of sp³-hybridized carbons (Fsp3) is 0.919. The molecule has 2 aliphatic heterocycles. The van der Waals surface area contributed by atoms with Crippen molar-refractivity contribution in [1.82, 2.24) is 31.5 Å². The molecule has 4 fully saturated rings. The molecule has 0 aromatic heterocycles. The van der Waals surface area contributed by atoms with Gasteiger partial charge in [-0.15, -0.1) is 0 Å². The van der Waals surface area contributed by atoms with Crippen LogP contribution in [-0.2, 0) is 23.8 Å². The number of hydrogen-bond acceptors (Lipinski definition) is 10. The third-order valence-corrected chi connectivity index (χ3v) is 10.6. The summed E-state index contributed by atoms with van der Waals surface area (Å²) in [5, 5.41) is 16.9. The zero-order valence-electron chi connectivity index (χ0n) is 31.4. The summed E-state index contributed by atoms with van der Waals surface area (Å²) in [4.78, 5) is 39.0. The van der Waals surface area contributed by atoms with Gasteiger partial charge in [0, 0.05) is 38.1 Å². The van der Waals surface area contributed by atoms with Gasteiger partial charge < -0.3 is 29.7 Å². The minimum atomic E-state index is -0.543. The molecule has 4 aliphatic rings. The van der Waals surface area contributed by atoms with E-state index in [0.29, 0.717) is 36.4 Å². The summed E-state index contributed by atoms with van der Waals surface area (Å²) in [5.41, 5.74) is -0.999. The van der Waals surface area contributed by atoms with Crippen molar-refractivity contribution in [3.05, 3.63) is 0 Å². The van der Waals surface area contributed by atoms with Crippen LogP contribution in [0.4, 0.5) is 4.79 Å². The first-order chi connectivity index (χ1) is 23.2. The molecular formula is C37H68N6O6. The van der Waals surface area contributed by atoms with Gasteiger partial charge in [-0.1, -0.05) is 0 Å². The Labute approximate surface area is 295 Å². The Morgan fingerprint density at radius 1 is 0.755 bits per heavy atom. The number of nitrogens with zero attached hydrogens (tertiary/aromatic N) is 1. The van der Waals surface area contributed by atoms with Crippen molar-refractivity contribution in [1.29, 1.82) is 0 Å². The Bertz CT molecular complexity index is 1020. The van der Waals surface area contributed by atoms with Gasteiger partial charge in [0.2, 0.25) is 5.91 Å². The van der Waals surface area contributed by atoms with E-state index in [9.17, 15) is 14.4 Å². The van der Waals surface area contributed by atoms with Gasteiger partial charge in [-0.25, -0.2) is 4.79 Å². The molecule has 0 atom stereocenters. The maximum atomic E-state index is 12.6. The molecule has 2 saturated heterocycles. The Kier molecular flexibility index (Phi) is 15.4. The summed E-state index contributed by atoms with van der Waals surface area (Å²) in [6.07, 6.45) is 11.9. The van der Waals surface area contributed by atoms with E-state index >= 15 is 0 Å². The highest BCUT2D eigenvalue weighted by Crippen LogP contribution is 2.34. The average Bonchev–Trinajstić information content (AvgIpc) is 3.04. The zero-order chi connectivity index (χ0) is 35.4. The summed E-state index contributed by atoms with van der Waals surface area (Å²) in [5.74, 6) is 1.42. The molecule has 49 heavy (non-hydrogen) atoms. The van der Waals surface area contributed by atoms with Gasteiger partial charge in [0.15, 0.2) is 0 Å². The normalized spacial score (nSPS) is 29.2. The molecule has 5 N–H and O–H groups in total. The number of hydrogen-bond donors (Lipinski definition) is 5. The molecule has 282 valence electrons. The smallest absolute Gasteiger partial charge is 0.407 e. The van der Waals surface area contributed by atoms with Crippen molar-refractivity contribution in [2.24, 2.45) is 23.7 Å². The van der Waals surface area contributed by atoms with Crippen LogP contribution in [0.25, 0.3) is 0 Å². The molecule has 12 heteroatoms. The Hall–Kier alpha value is -1.99. The van der Waals surface area contributed by atoms with Crippen LogP contribution in [-0.4, -0.2) is 105 Å². The van der Waals surface area contributed by atoms with Crippen LogP contribution >= 0.6 is 0 Å². The number of amides is 2. The molecule has 0 aromatic rings. The number of likely N-dealkylation sites (tertiary alicyclic amines) is 1. The van der Waals surface area contributed by atoms with E-state index in [-0.39, 0.29) is 36.7 Å². The first-order valence-electron chi connectivity index (χ1n) is 19.3. The fourth-order valence-corrected chi connectivity index (χ4v) is 7.84. The van der Waals surface area contributed by atoms with Gasteiger partial charge in [0.05, 0.1) is 12.7 Å². The summed E-state index contributed by atoms with van der Waals surface area (Å²) < 4.78 is 16.9. The molecule has 2 saturated carbocycles. The summed E-state index contributed by atoms with van der Waals surface area (Å²) in [6, 6.07) is 0.500. The lowest BCUT2D eigenvalue weighted by Crippen LogP contribution is -2.63. The molecule has 2 heterocycles. The maximum Gasteiger partial charge on any atom is 0.407 e. The lowest BCUT2D eigenvalue weighted by molar-refractivity contribution is -0.154. The molecule has 2 amide bonds. The lowest BCUT2D eigenvalue weighted by Gasteiger charge is -2.40. The van der Waals surface area contributed by atoms with Gasteiger partial charge in [-0.05, 0) is 143 Å². The average molecular weight is 693 g/mol. The largest absolute Gasteiger partial charge is 0.459 e. The number of carbonyl (C=O) groups is 3. The van der Waals surface area contributed by atoms with Gasteiger partial charge in [-0.3, -0.25) is 25.5 Å². The molecular weight excluding hydrogens is 624 g/mol. The number of piperidine rings is 1. The second-order valence-electron chi connectivity index (χ2n) is 16.9. The number of nitrogens with one attached hydrogen (secondary N) is 5. The first-order valence-corrected chi connectivity index (χ1v) is 19.3. The fourth-order valence-electron chi connectivity index (χ4n) is 7.84. The Morgan fingerprint density at radius 2 is 1.39 bits per heavy atom. The number of esters is 1. The van der Waals surface area contributed by atoms with Crippen molar-refractivity contribution in [2.45, 2.75) is 142 Å². The molecule has 0 aromatic carbocycles. The maximum absolute atomic E-state index is 12.6. The van der Waals surface area contributed by atoms with Crippen molar-refractivity contribution < 1.29 is 28.6 Å². The summed E-state index contributed by atoms with van der Waals surface area (Å²) in [6.45, 7) is 17.8. The first kappa shape index (κ1) is 39.8. The molecule has 0 radical (unpaired) electrons. The van der Waals surface area contributed by atoms with Gasteiger partial charge in [-0.2, -0.15) is 0 Å². The van der Waals surface area contributed by atoms with Crippen LogP contribution < -0.4 is 26.6 Å². The summed E-state index contributed by atoms with van der Waals surface area (Å²) >= 11 is 0. The molecule has 0 bridgehead atoms. The predicted octanol–water partition coefficient (Wildman–Crippen LogP) is 3.89. The highest BCUT2D eigenvalue weighted by molar-refractivity contribution is 5.83. The predicted molar refractivity (Wildman–Crippen MR) is 191 cm³/mol. The van der Waals surface area contributed by atoms with Gasteiger partial charge in [0.25, 0.3) is 0 Å². The van der Waals surface area contributed by atoms with Crippen LogP contribution in [0.5, 0.6) is 0 Å². The molecule has 0 unspecified atom stereocenters. The van der Waals surface area contributed by atoms with E-state index in [2.05, 4.69) is 31.5 Å². The van der Waals surface area contributed by atoms with E-state index in [4.69, 9.17) is 14.2 Å². The summed E-state index contributed by atoms with van der Waals surface area (Å²) in [7, 11) is 0. The zero-order valence-corrected chi connectivity index (χ0v) is 31.4. The van der Waals surface area contributed by atoms with Crippen molar-refractivity contribution in [2.75, 3.05) is 52.4 Å². The Morgan fingerprint density at radius 3 is 2.00 bits per heavy atom. The second-order valence-corrected chi connectivity index (χ2v) is 16.9. The van der Waals surface area contributed by atoms with Gasteiger partial charge >= 0.3 is 12.1 Å². The molecule has 0 spiro atoms. The molecule has 4 rings (SSSR count). The van der Waals surface area contributed by atoms with E-state index < -0.39 is 11.2 Å². The highest BCUT2D eigenvalue weighted by atomic mass is 16.6. The van der Waals surface area contributed by atoms with Gasteiger partial charge in [0.1, 0.15) is 24.0 Å². The van der Waals surface area contributed by atoms with Crippen LogP contribution in [0, 0.1) is 23.7 Å². The third-order valence-electron chi connectivity index (χ3n) is 10.6. The van der Waals surface area contributed by atoms with Crippen LogP contribution in [0.2, 0.25) is 0 Å².